The average molecular weight is 402 g/mol. The SMILES string of the molecule is O=C(Nc1ccccc1Cc1nc(C2CC2)no1)Nc1ccccc1C(F)(F)F. The summed E-state index contributed by atoms with van der Waals surface area (Å²) in [6, 6.07) is 11.0. The molecule has 2 aromatic carbocycles. The van der Waals surface area contributed by atoms with Crippen LogP contribution in [0.4, 0.5) is 29.3 Å². The van der Waals surface area contributed by atoms with E-state index in [-0.39, 0.29) is 5.69 Å². The monoisotopic (exact) mass is 402 g/mol. The molecule has 1 aromatic heterocycles. The minimum atomic E-state index is -4.57. The molecule has 0 radical (unpaired) electrons. The molecule has 6 nitrogen and oxygen atoms in total. The van der Waals surface area contributed by atoms with E-state index in [9.17, 15) is 18.0 Å². The number of alkyl halides is 3. The van der Waals surface area contributed by atoms with Crippen molar-refractivity contribution in [3.8, 4) is 0 Å². The Labute approximate surface area is 164 Å². The maximum absolute atomic E-state index is 13.1. The van der Waals surface area contributed by atoms with E-state index in [1.54, 1.807) is 24.3 Å². The lowest BCUT2D eigenvalue weighted by molar-refractivity contribution is -0.136. The normalized spacial score (nSPS) is 13.9. The largest absolute Gasteiger partial charge is 0.418 e. The number of carbonyl (C=O) groups is 1. The quantitative estimate of drug-likeness (QED) is 0.615. The van der Waals surface area contributed by atoms with Crippen LogP contribution >= 0.6 is 0 Å². The average Bonchev–Trinajstić information content (AvgIpc) is 3.42. The van der Waals surface area contributed by atoms with Crippen LogP contribution in [0.1, 0.15) is 41.6 Å². The van der Waals surface area contributed by atoms with Gasteiger partial charge in [-0.25, -0.2) is 4.79 Å². The van der Waals surface area contributed by atoms with Crippen LogP contribution in [-0.2, 0) is 12.6 Å². The molecule has 0 saturated heterocycles. The maximum Gasteiger partial charge on any atom is 0.418 e. The number of halogens is 3. The lowest BCUT2D eigenvalue weighted by Gasteiger charge is -2.15. The fourth-order valence-corrected chi connectivity index (χ4v) is 2.92. The maximum atomic E-state index is 13.1. The van der Waals surface area contributed by atoms with Crippen molar-refractivity contribution in [3.63, 3.8) is 0 Å². The first-order valence-electron chi connectivity index (χ1n) is 9.05. The zero-order chi connectivity index (χ0) is 20.4. The molecule has 1 saturated carbocycles. The van der Waals surface area contributed by atoms with Crippen molar-refractivity contribution < 1.29 is 22.5 Å². The van der Waals surface area contributed by atoms with Gasteiger partial charge in [0, 0.05) is 11.6 Å². The van der Waals surface area contributed by atoms with Crippen LogP contribution in [0.5, 0.6) is 0 Å². The predicted molar refractivity (Wildman–Crippen MR) is 99.6 cm³/mol. The molecule has 3 aromatic rings. The van der Waals surface area contributed by atoms with Gasteiger partial charge in [-0.15, -0.1) is 0 Å². The van der Waals surface area contributed by atoms with Gasteiger partial charge in [0.2, 0.25) is 5.89 Å². The summed E-state index contributed by atoms with van der Waals surface area (Å²) >= 11 is 0. The number of para-hydroxylation sites is 2. The number of nitrogens with zero attached hydrogens (tertiary/aromatic N) is 2. The third-order valence-electron chi connectivity index (χ3n) is 4.51. The van der Waals surface area contributed by atoms with Gasteiger partial charge >= 0.3 is 12.2 Å². The molecule has 0 spiro atoms. The molecule has 1 aliphatic rings. The van der Waals surface area contributed by atoms with Crippen LogP contribution in [0.3, 0.4) is 0 Å². The fourth-order valence-electron chi connectivity index (χ4n) is 2.92. The van der Waals surface area contributed by atoms with Gasteiger partial charge in [-0.05, 0) is 36.6 Å². The van der Waals surface area contributed by atoms with E-state index in [2.05, 4.69) is 20.8 Å². The fraction of sp³-hybridized carbons (Fsp3) is 0.250. The van der Waals surface area contributed by atoms with E-state index in [1.165, 1.54) is 18.2 Å². The number of aromatic nitrogens is 2. The molecule has 2 N–H and O–H groups in total. The topological polar surface area (TPSA) is 80.1 Å². The minimum Gasteiger partial charge on any atom is -0.339 e. The first-order chi connectivity index (χ1) is 13.9. The van der Waals surface area contributed by atoms with Crippen molar-refractivity contribution in [3.05, 3.63) is 71.4 Å². The van der Waals surface area contributed by atoms with Crippen molar-refractivity contribution in [1.82, 2.24) is 10.1 Å². The number of rotatable bonds is 5. The van der Waals surface area contributed by atoms with E-state index in [0.717, 1.165) is 18.9 Å². The highest BCUT2D eigenvalue weighted by Gasteiger charge is 2.33. The van der Waals surface area contributed by atoms with Gasteiger partial charge in [-0.1, -0.05) is 35.5 Å². The van der Waals surface area contributed by atoms with E-state index < -0.39 is 17.8 Å². The van der Waals surface area contributed by atoms with Gasteiger partial charge in [0.1, 0.15) is 0 Å². The molecule has 0 bridgehead atoms. The third kappa shape index (κ3) is 4.56. The zero-order valence-electron chi connectivity index (χ0n) is 15.2. The van der Waals surface area contributed by atoms with Gasteiger partial charge in [-0.3, -0.25) is 0 Å². The van der Waals surface area contributed by atoms with Crippen LogP contribution in [0.2, 0.25) is 0 Å². The second kappa shape index (κ2) is 7.57. The number of hydrogen-bond acceptors (Lipinski definition) is 4. The summed E-state index contributed by atoms with van der Waals surface area (Å²) in [7, 11) is 0. The van der Waals surface area contributed by atoms with Crippen LogP contribution in [-0.4, -0.2) is 16.2 Å². The molecular weight excluding hydrogens is 385 g/mol. The van der Waals surface area contributed by atoms with Gasteiger partial charge < -0.3 is 15.2 Å². The minimum absolute atomic E-state index is 0.301. The van der Waals surface area contributed by atoms with Gasteiger partial charge in [0.15, 0.2) is 5.82 Å². The molecule has 0 aliphatic heterocycles. The summed E-state index contributed by atoms with van der Waals surface area (Å²) in [5.74, 6) is 1.47. The molecular formula is C20H17F3N4O2. The van der Waals surface area contributed by atoms with Crippen molar-refractivity contribution in [2.45, 2.75) is 31.4 Å². The van der Waals surface area contributed by atoms with Crippen LogP contribution < -0.4 is 10.6 Å². The summed E-state index contributed by atoms with van der Waals surface area (Å²) in [6.07, 6.45) is -2.16. The third-order valence-corrected chi connectivity index (χ3v) is 4.51. The molecule has 9 heteroatoms. The second-order valence-electron chi connectivity index (χ2n) is 6.78. The van der Waals surface area contributed by atoms with Crippen molar-refractivity contribution in [2.24, 2.45) is 0 Å². The Morgan fingerprint density at radius 1 is 1.03 bits per heavy atom. The van der Waals surface area contributed by atoms with Gasteiger partial charge in [0.25, 0.3) is 0 Å². The molecule has 1 aliphatic carbocycles. The smallest absolute Gasteiger partial charge is 0.339 e. The molecule has 2 amide bonds. The van der Waals surface area contributed by atoms with Crippen molar-refractivity contribution in [1.29, 1.82) is 0 Å². The Kier molecular flexibility index (Phi) is 4.96. The number of nitrogens with one attached hydrogen (secondary N) is 2. The molecule has 1 heterocycles. The Morgan fingerprint density at radius 2 is 1.69 bits per heavy atom. The molecule has 4 rings (SSSR count). The van der Waals surface area contributed by atoms with E-state index >= 15 is 0 Å². The summed E-state index contributed by atoms with van der Waals surface area (Å²) in [4.78, 5) is 16.7. The number of benzene rings is 2. The lowest BCUT2D eigenvalue weighted by atomic mass is 10.1. The Bertz CT molecular complexity index is 1030. The number of anilines is 2. The second-order valence-corrected chi connectivity index (χ2v) is 6.78. The van der Waals surface area contributed by atoms with Crippen LogP contribution in [0.25, 0.3) is 0 Å². The molecule has 0 unspecified atom stereocenters. The number of hydrogen-bond donors (Lipinski definition) is 2. The van der Waals surface area contributed by atoms with Crippen LogP contribution in [0, 0.1) is 0 Å². The van der Waals surface area contributed by atoms with E-state index in [1.807, 2.05) is 0 Å². The standard InChI is InChI=1S/C20H17F3N4O2/c21-20(22,23)14-6-2-4-8-16(14)25-19(28)24-15-7-3-1-5-13(15)11-17-26-18(27-29-17)12-9-10-12/h1-8,12H,9-11H2,(H2,24,25,28). The Hall–Kier alpha value is -3.36. The predicted octanol–water partition coefficient (Wildman–Crippen LogP) is 5.20. The van der Waals surface area contributed by atoms with Crippen molar-refractivity contribution in [2.75, 3.05) is 10.6 Å². The Balaban J connectivity index is 1.48. The highest BCUT2D eigenvalue weighted by molar-refractivity contribution is 6.00. The molecule has 1 fully saturated rings. The van der Waals surface area contributed by atoms with E-state index in [0.29, 0.717) is 35.3 Å². The number of carbonyl (C=O) groups excluding carboxylic acids is 1. The lowest BCUT2D eigenvalue weighted by Crippen LogP contribution is -2.22. The van der Waals surface area contributed by atoms with E-state index in [4.69, 9.17) is 4.52 Å². The highest BCUT2D eigenvalue weighted by Crippen LogP contribution is 2.38. The summed E-state index contributed by atoms with van der Waals surface area (Å²) in [5, 5.41) is 8.82. The first kappa shape index (κ1) is 19.0. The number of amides is 2. The summed E-state index contributed by atoms with van der Waals surface area (Å²) in [6.45, 7) is 0. The molecule has 0 atom stereocenters. The number of urea groups is 1. The highest BCUT2D eigenvalue weighted by atomic mass is 19.4. The zero-order valence-corrected chi connectivity index (χ0v) is 15.2. The molecule has 29 heavy (non-hydrogen) atoms. The van der Waals surface area contributed by atoms with Crippen LogP contribution in [0.15, 0.2) is 53.1 Å². The van der Waals surface area contributed by atoms with Crippen molar-refractivity contribution >= 4 is 17.4 Å². The van der Waals surface area contributed by atoms with Gasteiger partial charge in [-0.2, -0.15) is 18.2 Å². The summed E-state index contributed by atoms with van der Waals surface area (Å²) < 4.78 is 44.6. The van der Waals surface area contributed by atoms with Gasteiger partial charge in [0.05, 0.1) is 17.7 Å². The summed E-state index contributed by atoms with van der Waals surface area (Å²) in [5.41, 5.74) is -0.0822. The Morgan fingerprint density at radius 3 is 2.41 bits per heavy atom. The first-order valence-corrected chi connectivity index (χ1v) is 9.05. The molecule has 150 valence electrons.